The number of nitrogens with one attached hydrogen (secondary N) is 1. The van der Waals surface area contributed by atoms with Crippen LogP contribution in [0.25, 0.3) is 0 Å². The second-order valence-corrected chi connectivity index (χ2v) is 4.55. The fourth-order valence-electron chi connectivity index (χ4n) is 1.75. The van der Waals surface area contributed by atoms with Gasteiger partial charge >= 0.3 is 0 Å². The van der Waals surface area contributed by atoms with Crippen LogP contribution >= 0.6 is 0 Å². The van der Waals surface area contributed by atoms with E-state index in [2.05, 4.69) is 37.4 Å². The first-order chi connectivity index (χ1) is 8.58. The summed E-state index contributed by atoms with van der Waals surface area (Å²) in [5.41, 5.74) is 3.75. The molecule has 0 radical (unpaired) electrons. The van der Waals surface area contributed by atoms with E-state index in [9.17, 15) is 4.79 Å². The molecule has 0 aliphatic rings. The van der Waals surface area contributed by atoms with Gasteiger partial charge in [-0.3, -0.25) is 4.79 Å². The van der Waals surface area contributed by atoms with Crippen molar-refractivity contribution in [2.24, 2.45) is 5.92 Å². The average molecular weight is 244 g/mol. The summed E-state index contributed by atoms with van der Waals surface area (Å²) >= 11 is 0. The fraction of sp³-hybridized carbons (Fsp3) is 0.467. The molecule has 0 heterocycles. The van der Waals surface area contributed by atoms with Gasteiger partial charge < -0.3 is 5.32 Å². The molecule has 18 heavy (non-hydrogen) atoms. The molecular weight excluding hydrogens is 224 g/mol. The molecule has 0 bridgehead atoms. The Labute approximate surface area is 109 Å². The van der Waals surface area contributed by atoms with E-state index < -0.39 is 5.92 Å². The second kappa shape index (κ2) is 6.80. The van der Waals surface area contributed by atoms with E-state index in [1.165, 1.54) is 16.7 Å². The molecule has 0 fully saturated rings. The molecule has 1 aromatic rings. The van der Waals surface area contributed by atoms with Gasteiger partial charge in [0.2, 0.25) is 5.91 Å². The maximum atomic E-state index is 11.6. The molecule has 1 aromatic carbocycles. The Morgan fingerprint density at radius 1 is 1.39 bits per heavy atom. The van der Waals surface area contributed by atoms with Crippen LogP contribution in [0.2, 0.25) is 0 Å². The third-order valence-corrected chi connectivity index (χ3v) is 3.16. The van der Waals surface area contributed by atoms with Crippen molar-refractivity contribution in [3.8, 4) is 6.07 Å². The first-order valence-electron chi connectivity index (χ1n) is 6.32. The first kappa shape index (κ1) is 14.2. The molecule has 1 rings (SSSR count). The summed E-state index contributed by atoms with van der Waals surface area (Å²) in [5, 5.41) is 11.6. The average Bonchev–Trinajstić information content (AvgIpc) is 2.35. The van der Waals surface area contributed by atoms with Crippen molar-refractivity contribution in [3.63, 3.8) is 0 Å². The monoisotopic (exact) mass is 244 g/mol. The van der Waals surface area contributed by atoms with Crippen molar-refractivity contribution in [2.45, 2.75) is 33.6 Å². The Kier molecular flexibility index (Phi) is 5.38. The van der Waals surface area contributed by atoms with Crippen molar-refractivity contribution < 1.29 is 4.79 Å². The van der Waals surface area contributed by atoms with Crippen LogP contribution in [0.1, 0.15) is 30.0 Å². The summed E-state index contributed by atoms with van der Waals surface area (Å²) in [5.74, 6) is -0.686. The number of amides is 1. The Morgan fingerprint density at radius 3 is 2.67 bits per heavy atom. The smallest absolute Gasteiger partial charge is 0.237 e. The highest BCUT2D eigenvalue weighted by molar-refractivity contribution is 5.80. The number of carbonyl (C=O) groups excluding carboxylic acids is 1. The van der Waals surface area contributed by atoms with Crippen LogP contribution in [0, 0.1) is 31.1 Å². The number of aryl methyl sites for hydroxylation is 2. The molecule has 1 unspecified atom stereocenters. The lowest BCUT2D eigenvalue weighted by atomic mass is 10.0. The van der Waals surface area contributed by atoms with Crippen molar-refractivity contribution >= 4 is 5.91 Å². The lowest BCUT2D eigenvalue weighted by molar-refractivity contribution is -0.123. The summed E-state index contributed by atoms with van der Waals surface area (Å²) < 4.78 is 0. The van der Waals surface area contributed by atoms with Gasteiger partial charge in [0.1, 0.15) is 5.92 Å². The molecule has 3 nitrogen and oxygen atoms in total. The van der Waals surface area contributed by atoms with Crippen LogP contribution in [-0.4, -0.2) is 12.5 Å². The molecule has 3 heteroatoms. The second-order valence-electron chi connectivity index (χ2n) is 4.55. The number of hydrogen-bond donors (Lipinski definition) is 1. The molecule has 0 aliphatic carbocycles. The van der Waals surface area contributed by atoms with Gasteiger partial charge in [-0.2, -0.15) is 5.26 Å². The number of rotatable bonds is 5. The number of hydrogen-bond acceptors (Lipinski definition) is 2. The highest BCUT2D eigenvalue weighted by Gasteiger charge is 2.14. The van der Waals surface area contributed by atoms with Crippen LogP contribution in [0.5, 0.6) is 0 Å². The number of nitriles is 1. The van der Waals surface area contributed by atoms with E-state index in [4.69, 9.17) is 5.26 Å². The zero-order chi connectivity index (χ0) is 13.5. The van der Waals surface area contributed by atoms with Crippen LogP contribution in [-0.2, 0) is 11.2 Å². The van der Waals surface area contributed by atoms with Crippen LogP contribution in [0.4, 0.5) is 0 Å². The molecule has 96 valence electrons. The quantitative estimate of drug-likeness (QED) is 0.865. The SMILES string of the molecule is CCC(C#N)C(=O)NCCc1ccc(C)c(C)c1. The summed E-state index contributed by atoms with van der Waals surface area (Å²) in [6.07, 6.45) is 1.36. The third-order valence-electron chi connectivity index (χ3n) is 3.16. The van der Waals surface area contributed by atoms with E-state index >= 15 is 0 Å². The predicted molar refractivity (Wildman–Crippen MR) is 72.0 cm³/mol. The van der Waals surface area contributed by atoms with Gasteiger partial charge in [-0.1, -0.05) is 25.1 Å². The molecule has 0 saturated heterocycles. The van der Waals surface area contributed by atoms with E-state index in [-0.39, 0.29) is 5.91 Å². The largest absolute Gasteiger partial charge is 0.355 e. The van der Waals surface area contributed by atoms with Gasteiger partial charge in [0.25, 0.3) is 0 Å². The Balaban J connectivity index is 2.45. The lowest BCUT2D eigenvalue weighted by Gasteiger charge is -2.09. The Bertz CT molecular complexity index is 460. The topological polar surface area (TPSA) is 52.9 Å². The van der Waals surface area contributed by atoms with E-state index in [1.807, 2.05) is 13.0 Å². The molecule has 0 spiro atoms. The molecule has 1 N–H and O–H groups in total. The van der Waals surface area contributed by atoms with Crippen molar-refractivity contribution in [3.05, 3.63) is 34.9 Å². The van der Waals surface area contributed by atoms with Gasteiger partial charge in [0.05, 0.1) is 6.07 Å². The third kappa shape index (κ3) is 3.89. The highest BCUT2D eigenvalue weighted by Crippen LogP contribution is 2.10. The summed E-state index contributed by atoms with van der Waals surface area (Å²) in [4.78, 5) is 11.6. The normalized spacial score (nSPS) is 11.7. The summed E-state index contributed by atoms with van der Waals surface area (Å²) in [6.45, 7) is 6.59. The van der Waals surface area contributed by atoms with Crippen molar-refractivity contribution in [1.29, 1.82) is 5.26 Å². The Hall–Kier alpha value is -1.82. The van der Waals surface area contributed by atoms with Gasteiger partial charge in [0.15, 0.2) is 0 Å². The van der Waals surface area contributed by atoms with Crippen LogP contribution < -0.4 is 5.32 Å². The molecule has 1 atom stereocenters. The fourth-order valence-corrected chi connectivity index (χ4v) is 1.75. The van der Waals surface area contributed by atoms with Crippen LogP contribution in [0.3, 0.4) is 0 Å². The first-order valence-corrected chi connectivity index (χ1v) is 6.32. The minimum Gasteiger partial charge on any atom is -0.355 e. The standard InChI is InChI=1S/C15H20N2O/c1-4-14(10-16)15(18)17-8-7-13-6-5-11(2)12(3)9-13/h5-6,9,14H,4,7-8H2,1-3H3,(H,17,18). The predicted octanol–water partition coefficient (Wildman–Crippen LogP) is 2.51. The molecule has 1 amide bonds. The van der Waals surface area contributed by atoms with Crippen molar-refractivity contribution in [2.75, 3.05) is 6.54 Å². The van der Waals surface area contributed by atoms with E-state index in [0.717, 1.165) is 6.42 Å². The lowest BCUT2D eigenvalue weighted by Crippen LogP contribution is -2.31. The zero-order valence-corrected chi connectivity index (χ0v) is 11.3. The number of carbonyl (C=O) groups is 1. The maximum absolute atomic E-state index is 11.6. The zero-order valence-electron chi connectivity index (χ0n) is 11.3. The number of nitrogens with zero attached hydrogens (tertiary/aromatic N) is 1. The van der Waals surface area contributed by atoms with E-state index in [1.54, 1.807) is 0 Å². The van der Waals surface area contributed by atoms with E-state index in [0.29, 0.717) is 13.0 Å². The molecule has 0 aliphatic heterocycles. The van der Waals surface area contributed by atoms with Gasteiger partial charge in [0, 0.05) is 6.54 Å². The highest BCUT2D eigenvalue weighted by atomic mass is 16.1. The van der Waals surface area contributed by atoms with Gasteiger partial charge in [-0.25, -0.2) is 0 Å². The molecule has 0 aromatic heterocycles. The minimum absolute atomic E-state index is 0.163. The maximum Gasteiger partial charge on any atom is 0.237 e. The van der Waals surface area contributed by atoms with Crippen LogP contribution in [0.15, 0.2) is 18.2 Å². The summed E-state index contributed by atoms with van der Waals surface area (Å²) in [7, 11) is 0. The number of benzene rings is 1. The Morgan fingerprint density at radius 2 is 2.11 bits per heavy atom. The summed E-state index contributed by atoms with van der Waals surface area (Å²) in [6, 6.07) is 8.32. The van der Waals surface area contributed by atoms with Crippen molar-refractivity contribution in [1.82, 2.24) is 5.32 Å². The van der Waals surface area contributed by atoms with Gasteiger partial charge in [-0.15, -0.1) is 0 Å². The molecular formula is C15H20N2O. The minimum atomic E-state index is -0.523. The van der Waals surface area contributed by atoms with Gasteiger partial charge in [-0.05, 0) is 43.4 Å². The molecule has 0 saturated carbocycles.